The number of hydrogen-bond acceptors (Lipinski definition) is 3. The van der Waals surface area contributed by atoms with Gasteiger partial charge in [0.05, 0.1) is 12.1 Å². The zero-order chi connectivity index (χ0) is 11.7. The Labute approximate surface area is 91.8 Å². The third kappa shape index (κ3) is 7.11. The van der Waals surface area contributed by atoms with E-state index < -0.39 is 0 Å². The third-order valence-electron chi connectivity index (χ3n) is 2.10. The van der Waals surface area contributed by atoms with Crippen molar-refractivity contribution in [1.82, 2.24) is 10.6 Å². The Morgan fingerprint density at radius 2 is 2.27 bits per heavy atom. The average molecular weight is 214 g/mol. The lowest BCUT2D eigenvalue weighted by Gasteiger charge is -2.16. The quantitative estimate of drug-likeness (QED) is 0.513. The van der Waals surface area contributed by atoms with Gasteiger partial charge < -0.3 is 15.7 Å². The topological polar surface area (TPSA) is 61.4 Å². The van der Waals surface area contributed by atoms with Crippen molar-refractivity contribution in [2.45, 2.75) is 38.8 Å². The summed E-state index contributed by atoms with van der Waals surface area (Å²) in [5.41, 5.74) is 0. The van der Waals surface area contributed by atoms with Crippen LogP contribution in [0.1, 0.15) is 26.7 Å². The molecule has 0 fully saturated rings. The van der Waals surface area contributed by atoms with Gasteiger partial charge in [-0.15, -0.1) is 6.58 Å². The summed E-state index contributed by atoms with van der Waals surface area (Å²) in [5.74, 6) is -0.0707. The number of aliphatic hydroxyl groups excluding tert-OH is 1. The van der Waals surface area contributed by atoms with Gasteiger partial charge in [-0.25, -0.2) is 0 Å². The molecule has 0 radical (unpaired) electrons. The summed E-state index contributed by atoms with van der Waals surface area (Å²) >= 11 is 0. The van der Waals surface area contributed by atoms with Gasteiger partial charge >= 0.3 is 0 Å². The standard InChI is InChI=1S/C11H22N2O2/c1-4-6-10(14)8-13-9(3)11(15)12-7-5-2/h5,9-10,13-14H,2,4,6-8H2,1,3H3,(H,12,15). The second-order valence-electron chi connectivity index (χ2n) is 3.61. The highest BCUT2D eigenvalue weighted by molar-refractivity contribution is 5.81. The second-order valence-corrected chi connectivity index (χ2v) is 3.61. The lowest BCUT2D eigenvalue weighted by molar-refractivity contribution is -0.122. The lowest BCUT2D eigenvalue weighted by Crippen LogP contribution is -2.44. The molecule has 88 valence electrons. The molecule has 0 aromatic heterocycles. The Morgan fingerprint density at radius 1 is 1.60 bits per heavy atom. The molecule has 0 aliphatic carbocycles. The maximum atomic E-state index is 11.4. The number of carbonyl (C=O) groups is 1. The van der Waals surface area contributed by atoms with Crippen molar-refractivity contribution in [2.24, 2.45) is 0 Å². The van der Waals surface area contributed by atoms with E-state index in [1.165, 1.54) is 0 Å². The minimum Gasteiger partial charge on any atom is -0.392 e. The van der Waals surface area contributed by atoms with E-state index >= 15 is 0 Å². The van der Waals surface area contributed by atoms with Crippen LogP contribution >= 0.6 is 0 Å². The van der Waals surface area contributed by atoms with Gasteiger partial charge in [0, 0.05) is 13.1 Å². The Bertz CT molecular complexity index is 195. The Morgan fingerprint density at radius 3 is 2.80 bits per heavy atom. The highest BCUT2D eigenvalue weighted by atomic mass is 16.3. The number of aliphatic hydroxyl groups is 1. The van der Waals surface area contributed by atoms with Gasteiger partial charge in [0.1, 0.15) is 0 Å². The van der Waals surface area contributed by atoms with Crippen LogP contribution in [0.5, 0.6) is 0 Å². The first kappa shape index (κ1) is 14.1. The summed E-state index contributed by atoms with van der Waals surface area (Å²) in [6.07, 6.45) is 2.97. The van der Waals surface area contributed by atoms with Crippen LogP contribution in [0.15, 0.2) is 12.7 Å². The first-order valence-corrected chi connectivity index (χ1v) is 5.41. The van der Waals surface area contributed by atoms with Crippen LogP contribution in [-0.2, 0) is 4.79 Å². The van der Waals surface area contributed by atoms with Crippen LogP contribution < -0.4 is 10.6 Å². The van der Waals surface area contributed by atoms with E-state index in [1.54, 1.807) is 13.0 Å². The highest BCUT2D eigenvalue weighted by Gasteiger charge is 2.12. The highest BCUT2D eigenvalue weighted by Crippen LogP contribution is 1.94. The summed E-state index contributed by atoms with van der Waals surface area (Å²) in [4.78, 5) is 11.4. The van der Waals surface area contributed by atoms with E-state index in [1.807, 2.05) is 6.92 Å². The number of carbonyl (C=O) groups excluding carboxylic acids is 1. The number of nitrogens with one attached hydrogen (secondary N) is 2. The van der Waals surface area contributed by atoms with Crippen LogP contribution in [0.25, 0.3) is 0 Å². The molecule has 0 aliphatic rings. The van der Waals surface area contributed by atoms with Crippen molar-refractivity contribution in [3.05, 3.63) is 12.7 Å². The molecule has 0 aliphatic heterocycles. The summed E-state index contributed by atoms with van der Waals surface area (Å²) in [5, 5.41) is 15.1. The average Bonchev–Trinajstić information content (AvgIpc) is 2.22. The minimum absolute atomic E-state index is 0.0707. The predicted octanol–water partition coefficient (Wildman–Crippen LogP) is 0.428. The molecule has 1 amide bonds. The summed E-state index contributed by atoms with van der Waals surface area (Å²) in [6.45, 7) is 8.24. The van der Waals surface area contributed by atoms with Crippen LogP contribution in [-0.4, -0.2) is 36.2 Å². The Kier molecular flexibility index (Phi) is 7.95. The van der Waals surface area contributed by atoms with Gasteiger partial charge in [0.2, 0.25) is 5.91 Å². The van der Waals surface area contributed by atoms with Gasteiger partial charge in [-0.1, -0.05) is 19.4 Å². The molecule has 0 saturated carbocycles. The first-order chi connectivity index (χ1) is 7.11. The fraction of sp³-hybridized carbons (Fsp3) is 0.727. The van der Waals surface area contributed by atoms with Crippen molar-refractivity contribution >= 4 is 5.91 Å². The van der Waals surface area contributed by atoms with E-state index in [-0.39, 0.29) is 18.1 Å². The van der Waals surface area contributed by atoms with Crippen LogP contribution in [0.2, 0.25) is 0 Å². The monoisotopic (exact) mass is 214 g/mol. The van der Waals surface area contributed by atoms with Crippen LogP contribution in [0.3, 0.4) is 0 Å². The molecule has 4 nitrogen and oxygen atoms in total. The SMILES string of the molecule is C=CCNC(=O)C(C)NCC(O)CCC. The Hall–Kier alpha value is -0.870. The molecular weight excluding hydrogens is 192 g/mol. The molecule has 0 spiro atoms. The van der Waals surface area contributed by atoms with Gasteiger partial charge in [-0.05, 0) is 13.3 Å². The van der Waals surface area contributed by atoms with Crippen LogP contribution in [0.4, 0.5) is 0 Å². The summed E-state index contributed by atoms with van der Waals surface area (Å²) in [6, 6.07) is -0.281. The fourth-order valence-electron chi connectivity index (χ4n) is 1.17. The summed E-state index contributed by atoms with van der Waals surface area (Å²) < 4.78 is 0. The number of rotatable bonds is 8. The molecule has 0 aromatic rings. The van der Waals surface area contributed by atoms with Crippen molar-refractivity contribution < 1.29 is 9.90 Å². The molecule has 0 saturated heterocycles. The predicted molar refractivity (Wildman–Crippen MR) is 61.6 cm³/mol. The van der Waals surface area contributed by atoms with Crippen molar-refractivity contribution in [1.29, 1.82) is 0 Å². The van der Waals surface area contributed by atoms with E-state index in [4.69, 9.17) is 0 Å². The van der Waals surface area contributed by atoms with Gasteiger partial charge in [0.15, 0.2) is 0 Å². The van der Waals surface area contributed by atoms with Crippen LogP contribution in [0, 0.1) is 0 Å². The number of amides is 1. The zero-order valence-electron chi connectivity index (χ0n) is 9.62. The Balaban J connectivity index is 3.67. The molecule has 15 heavy (non-hydrogen) atoms. The molecule has 0 heterocycles. The molecule has 0 bridgehead atoms. The largest absolute Gasteiger partial charge is 0.392 e. The van der Waals surface area contributed by atoms with E-state index in [9.17, 15) is 9.90 Å². The molecule has 0 aromatic carbocycles. The van der Waals surface area contributed by atoms with Crippen molar-refractivity contribution in [3.63, 3.8) is 0 Å². The van der Waals surface area contributed by atoms with Gasteiger partial charge in [-0.2, -0.15) is 0 Å². The van der Waals surface area contributed by atoms with Gasteiger partial charge in [0.25, 0.3) is 0 Å². The molecule has 2 unspecified atom stereocenters. The molecule has 4 heteroatoms. The molecular formula is C11H22N2O2. The van der Waals surface area contributed by atoms with Gasteiger partial charge in [-0.3, -0.25) is 4.79 Å². The lowest BCUT2D eigenvalue weighted by atomic mass is 10.2. The zero-order valence-corrected chi connectivity index (χ0v) is 9.62. The molecule has 2 atom stereocenters. The second kappa shape index (κ2) is 8.44. The smallest absolute Gasteiger partial charge is 0.237 e. The van der Waals surface area contributed by atoms with Crippen molar-refractivity contribution in [2.75, 3.05) is 13.1 Å². The summed E-state index contributed by atoms with van der Waals surface area (Å²) in [7, 11) is 0. The number of hydrogen-bond donors (Lipinski definition) is 3. The van der Waals surface area contributed by atoms with E-state index in [2.05, 4.69) is 17.2 Å². The fourth-order valence-corrected chi connectivity index (χ4v) is 1.17. The molecule has 3 N–H and O–H groups in total. The van der Waals surface area contributed by atoms with E-state index in [0.717, 1.165) is 12.8 Å². The maximum absolute atomic E-state index is 11.4. The van der Waals surface area contributed by atoms with E-state index in [0.29, 0.717) is 13.1 Å². The maximum Gasteiger partial charge on any atom is 0.237 e. The third-order valence-corrected chi connectivity index (χ3v) is 2.10. The van der Waals surface area contributed by atoms with Crippen molar-refractivity contribution in [3.8, 4) is 0 Å². The molecule has 0 rings (SSSR count). The normalized spacial score (nSPS) is 14.3. The minimum atomic E-state index is -0.371. The first-order valence-electron chi connectivity index (χ1n) is 5.41.